The first kappa shape index (κ1) is 13.1. The van der Waals surface area contributed by atoms with Crippen molar-refractivity contribution in [3.63, 3.8) is 0 Å². The van der Waals surface area contributed by atoms with Crippen molar-refractivity contribution < 1.29 is 8.78 Å². The van der Waals surface area contributed by atoms with E-state index in [1.54, 1.807) is 6.92 Å². The number of halogens is 2. The molecule has 1 saturated carbocycles. The number of rotatable bonds is 3. The minimum atomic E-state index is -0.382. The maximum Gasteiger partial charge on any atom is 0.146 e. The topological polar surface area (TPSA) is 12.0 Å². The lowest BCUT2D eigenvalue weighted by Gasteiger charge is -2.37. The van der Waals surface area contributed by atoms with Crippen molar-refractivity contribution >= 4 is 5.69 Å². The minimum Gasteiger partial charge on any atom is -0.380 e. The summed E-state index contributed by atoms with van der Waals surface area (Å²) in [5, 5.41) is 3.10. The van der Waals surface area contributed by atoms with Gasteiger partial charge in [0.2, 0.25) is 0 Å². The summed E-state index contributed by atoms with van der Waals surface area (Å²) in [5.41, 5.74) is 1.93. The predicted octanol–water partition coefficient (Wildman–Crippen LogP) is 4.63. The number of anilines is 1. The average molecular weight is 273 g/mol. The molecule has 2 aromatic carbocycles. The maximum absolute atomic E-state index is 13.7. The second-order valence-corrected chi connectivity index (χ2v) is 5.50. The molecule has 1 aliphatic rings. The summed E-state index contributed by atoms with van der Waals surface area (Å²) in [4.78, 5) is 0. The molecule has 1 N–H and O–H groups in total. The molecule has 1 nitrogen and oxygen atoms in total. The second-order valence-electron chi connectivity index (χ2n) is 5.50. The fourth-order valence-electron chi connectivity index (χ4n) is 2.71. The van der Waals surface area contributed by atoms with Crippen LogP contribution in [-0.4, -0.2) is 6.04 Å². The van der Waals surface area contributed by atoms with Crippen LogP contribution in [0.15, 0.2) is 42.5 Å². The molecule has 3 rings (SSSR count). The lowest BCUT2D eigenvalue weighted by atomic mass is 9.76. The Balaban J connectivity index is 1.63. The quantitative estimate of drug-likeness (QED) is 0.859. The van der Waals surface area contributed by atoms with E-state index >= 15 is 0 Å². The van der Waals surface area contributed by atoms with E-state index in [9.17, 15) is 8.78 Å². The van der Waals surface area contributed by atoms with Crippen LogP contribution in [-0.2, 0) is 0 Å². The number of hydrogen-bond acceptors (Lipinski definition) is 1. The van der Waals surface area contributed by atoms with Crippen LogP contribution in [0.5, 0.6) is 0 Å². The molecule has 2 aromatic rings. The van der Waals surface area contributed by atoms with Gasteiger partial charge in [-0.2, -0.15) is 0 Å². The Labute approximate surface area is 117 Å². The zero-order valence-corrected chi connectivity index (χ0v) is 11.4. The van der Waals surface area contributed by atoms with Crippen LogP contribution < -0.4 is 5.32 Å². The Kier molecular flexibility index (Phi) is 3.43. The molecular formula is C17H17F2N. The molecule has 0 aliphatic heterocycles. The van der Waals surface area contributed by atoms with Crippen molar-refractivity contribution in [2.24, 2.45) is 0 Å². The molecule has 0 spiro atoms. The highest BCUT2D eigenvalue weighted by Gasteiger charge is 2.30. The van der Waals surface area contributed by atoms with Crippen LogP contribution >= 0.6 is 0 Å². The van der Waals surface area contributed by atoms with E-state index in [1.165, 1.54) is 17.7 Å². The summed E-state index contributed by atoms with van der Waals surface area (Å²) < 4.78 is 27.2. The fraction of sp³-hybridized carbons (Fsp3) is 0.294. The molecule has 20 heavy (non-hydrogen) atoms. The first-order valence-electron chi connectivity index (χ1n) is 6.90. The van der Waals surface area contributed by atoms with Gasteiger partial charge in [0, 0.05) is 12.1 Å². The lowest BCUT2D eigenvalue weighted by Crippen LogP contribution is -2.34. The summed E-state index contributed by atoms with van der Waals surface area (Å²) in [6, 6.07) is 13.0. The standard InChI is InChI=1S/C17H17F2N/c1-11-7-16(19)17(10-15(11)18)20-14-8-13(9-14)12-5-3-2-4-6-12/h2-7,10,13-14,20H,8-9H2,1H3. The van der Waals surface area contributed by atoms with Crippen LogP contribution in [0.25, 0.3) is 0 Å². The number of nitrogens with one attached hydrogen (secondary N) is 1. The van der Waals surface area contributed by atoms with Gasteiger partial charge in [-0.15, -0.1) is 0 Å². The monoisotopic (exact) mass is 273 g/mol. The van der Waals surface area contributed by atoms with Crippen LogP contribution in [0, 0.1) is 18.6 Å². The van der Waals surface area contributed by atoms with E-state index in [4.69, 9.17) is 0 Å². The molecule has 1 aliphatic carbocycles. The van der Waals surface area contributed by atoms with Gasteiger partial charge in [-0.05, 0) is 42.9 Å². The van der Waals surface area contributed by atoms with Crippen LogP contribution in [0.1, 0.15) is 29.9 Å². The van der Waals surface area contributed by atoms with Gasteiger partial charge in [0.15, 0.2) is 0 Å². The normalized spacial score (nSPS) is 21.4. The first-order valence-corrected chi connectivity index (χ1v) is 6.90. The van der Waals surface area contributed by atoms with Gasteiger partial charge in [-0.25, -0.2) is 8.78 Å². The van der Waals surface area contributed by atoms with Crippen molar-refractivity contribution in [2.75, 3.05) is 5.32 Å². The van der Waals surface area contributed by atoms with E-state index in [0.717, 1.165) is 12.8 Å². The van der Waals surface area contributed by atoms with E-state index in [1.807, 2.05) is 18.2 Å². The van der Waals surface area contributed by atoms with Crippen molar-refractivity contribution in [2.45, 2.75) is 31.7 Å². The molecule has 1 fully saturated rings. The van der Waals surface area contributed by atoms with Crippen molar-refractivity contribution in [3.05, 3.63) is 65.2 Å². The Morgan fingerprint density at radius 3 is 2.40 bits per heavy atom. The van der Waals surface area contributed by atoms with Crippen LogP contribution in [0.4, 0.5) is 14.5 Å². The second kappa shape index (κ2) is 5.23. The van der Waals surface area contributed by atoms with Gasteiger partial charge in [0.1, 0.15) is 11.6 Å². The van der Waals surface area contributed by atoms with Gasteiger partial charge in [0.25, 0.3) is 0 Å². The zero-order chi connectivity index (χ0) is 14.1. The number of benzene rings is 2. The highest BCUT2D eigenvalue weighted by Crippen LogP contribution is 2.38. The third-order valence-electron chi connectivity index (χ3n) is 4.02. The van der Waals surface area contributed by atoms with Gasteiger partial charge in [0.05, 0.1) is 5.69 Å². The predicted molar refractivity (Wildman–Crippen MR) is 76.9 cm³/mol. The number of hydrogen-bond donors (Lipinski definition) is 1. The van der Waals surface area contributed by atoms with Gasteiger partial charge >= 0.3 is 0 Å². The molecule has 3 heteroatoms. The highest BCUT2D eigenvalue weighted by molar-refractivity contribution is 5.48. The van der Waals surface area contributed by atoms with E-state index in [2.05, 4.69) is 17.4 Å². The Hall–Kier alpha value is -1.90. The SMILES string of the molecule is Cc1cc(F)c(NC2CC(c3ccccc3)C2)cc1F. The molecular weight excluding hydrogens is 256 g/mol. The summed E-state index contributed by atoms with van der Waals surface area (Å²) in [6.45, 7) is 1.57. The Bertz CT molecular complexity index is 604. The molecule has 0 aromatic heterocycles. The number of aryl methyl sites for hydroxylation is 1. The first-order chi connectivity index (χ1) is 9.63. The fourth-order valence-corrected chi connectivity index (χ4v) is 2.71. The van der Waals surface area contributed by atoms with Crippen molar-refractivity contribution in [1.29, 1.82) is 0 Å². The van der Waals surface area contributed by atoms with Gasteiger partial charge < -0.3 is 5.32 Å². The highest BCUT2D eigenvalue weighted by atomic mass is 19.1. The summed E-state index contributed by atoms with van der Waals surface area (Å²) in [7, 11) is 0. The summed E-state index contributed by atoms with van der Waals surface area (Å²) >= 11 is 0. The average Bonchev–Trinajstić information content (AvgIpc) is 2.40. The summed E-state index contributed by atoms with van der Waals surface area (Å²) in [5.74, 6) is -0.230. The molecule has 0 amide bonds. The molecule has 0 radical (unpaired) electrons. The summed E-state index contributed by atoms with van der Waals surface area (Å²) in [6.07, 6.45) is 1.91. The van der Waals surface area contributed by atoms with Crippen molar-refractivity contribution in [3.8, 4) is 0 Å². The third kappa shape index (κ3) is 2.53. The molecule has 0 atom stereocenters. The van der Waals surface area contributed by atoms with E-state index < -0.39 is 0 Å². The Morgan fingerprint density at radius 2 is 1.70 bits per heavy atom. The molecule has 104 valence electrons. The lowest BCUT2D eigenvalue weighted by molar-refractivity contribution is 0.372. The van der Waals surface area contributed by atoms with Gasteiger partial charge in [-0.3, -0.25) is 0 Å². The van der Waals surface area contributed by atoms with Crippen molar-refractivity contribution in [1.82, 2.24) is 0 Å². The van der Waals surface area contributed by atoms with Crippen LogP contribution in [0.2, 0.25) is 0 Å². The smallest absolute Gasteiger partial charge is 0.146 e. The van der Waals surface area contributed by atoms with E-state index in [0.29, 0.717) is 11.5 Å². The molecule has 0 unspecified atom stereocenters. The maximum atomic E-state index is 13.7. The van der Waals surface area contributed by atoms with Gasteiger partial charge in [-0.1, -0.05) is 30.3 Å². The third-order valence-corrected chi connectivity index (χ3v) is 4.02. The largest absolute Gasteiger partial charge is 0.380 e. The Morgan fingerprint density at radius 1 is 1.00 bits per heavy atom. The minimum absolute atomic E-state index is 0.219. The molecule has 0 bridgehead atoms. The molecule has 0 heterocycles. The zero-order valence-electron chi connectivity index (χ0n) is 11.4. The molecule has 0 saturated heterocycles. The van der Waals surface area contributed by atoms with E-state index in [-0.39, 0.29) is 23.4 Å². The van der Waals surface area contributed by atoms with Crippen LogP contribution in [0.3, 0.4) is 0 Å².